The largest absolute Gasteiger partial charge is 0.478 e. The van der Waals surface area contributed by atoms with Gasteiger partial charge in [0.1, 0.15) is 5.76 Å². The molecule has 0 saturated carbocycles. The number of amides is 1. The molecule has 6 heteroatoms. The van der Waals surface area contributed by atoms with Crippen LogP contribution in [-0.2, 0) is 13.0 Å². The van der Waals surface area contributed by atoms with Gasteiger partial charge >= 0.3 is 5.97 Å². The Morgan fingerprint density at radius 2 is 2.10 bits per heavy atom. The lowest BCUT2D eigenvalue weighted by Gasteiger charge is -2.03. The molecule has 0 unspecified atom stereocenters. The van der Waals surface area contributed by atoms with Crippen LogP contribution in [0.5, 0.6) is 0 Å². The van der Waals surface area contributed by atoms with Gasteiger partial charge in [-0.1, -0.05) is 13.0 Å². The number of carboxylic acids is 1. The van der Waals surface area contributed by atoms with Crippen molar-refractivity contribution in [1.82, 2.24) is 10.3 Å². The van der Waals surface area contributed by atoms with Crippen molar-refractivity contribution < 1.29 is 19.1 Å². The normalized spacial score (nSPS) is 10.2. The lowest BCUT2D eigenvalue weighted by Crippen LogP contribution is -2.23. The van der Waals surface area contributed by atoms with E-state index in [4.69, 9.17) is 9.52 Å². The number of nitrogens with zero attached hydrogens (tertiary/aromatic N) is 1. The van der Waals surface area contributed by atoms with E-state index in [1.165, 1.54) is 18.2 Å². The third kappa shape index (κ3) is 3.23. The van der Waals surface area contributed by atoms with Crippen LogP contribution in [-0.4, -0.2) is 22.0 Å². The van der Waals surface area contributed by atoms with E-state index in [2.05, 4.69) is 10.3 Å². The fraction of sp³-hybridized carbons (Fsp3) is 0.214. The molecule has 0 atom stereocenters. The van der Waals surface area contributed by atoms with Crippen molar-refractivity contribution in [2.24, 2.45) is 0 Å². The zero-order chi connectivity index (χ0) is 14.5. The Hall–Kier alpha value is -2.63. The molecule has 1 aromatic carbocycles. The monoisotopic (exact) mass is 274 g/mol. The predicted octanol–water partition coefficient (Wildman–Crippen LogP) is 1.87. The summed E-state index contributed by atoms with van der Waals surface area (Å²) in [5, 5.41) is 11.5. The van der Waals surface area contributed by atoms with Crippen molar-refractivity contribution in [3.8, 4) is 0 Å². The van der Waals surface area contributed by atoms with Crippen LogP contribution in [0.3, 0.4) is 0 Å². The van der Waals surface area contributed by atoms with Gasteiger partial charge in [-0.3, -0.25) is 4.79 Å². The van der Waals surface area contributed by atoms with Gasteiger partial charge in [0.2, 0.25) is 5.89 Å². The molecule has 2 rings (SSSR count). The van der Waals surface area contributed by atoms with E-state index < -0.39 is 5.97 Å². The Bertz CT molecular complexity index is 634. The van der Waals surface area contributed by atoms with E-state index in [0.29, 0.717) is 5.89 Å². The highest BCUT2D eigenvalue weighted by Crippen LogP contribution is 2.07. The lowest BCUT2D eigenvalue weighted by atomic mass is 10.1. The van der Waals surface area contributed by atoms with Crippen LogP contribution in [0.25, 0.3) is 0 Å². The molecule has 104 valence electrons. The second-order valence-corrected chi connectivity index (χ2v) is 4.14. The number of oxazole rings is 1. The SMILES string of the molecule is CCc1cnc(CNC(=O)c2cccc(C(=O)O)c2)o1. The van der Waals surface area contributed by atoms with Gasteiger partial charge in [0.05, 0.1) is 18.3 Å². The molecule has 20 heavy (non-hydrogen) atoms. The summed E-state index contributed by atoms with van der Waals surface area (Å²) in [6.45, 7) is 2.11. The summed E-state index contributed by atoms with van der Waals surface area (Å²) < 4.78 is 5.36. The van der Waals surface area contributed by atoms with E-state index >= 15 is 0 Å². The number of carboxylic acid groups (broad SMARTS) is 1. The van der Waals surface area contributed by atoms with Crippen LogP contribution in [0.4, 0.5) is 0 Å². The maximum absolute atomic E-state index is 11.9. The molecule has 0 aliphatic heterocycles. The summed E-state index contributed by atoms with van der Waals surface area (Å²) in [6.07, 6.45) is 2.36. The van der Waals surface area contributed by atoms with Gasteiger partial charge in [-0.25, -0.2) is 9.78 Å². The van der Waals surface area contributed by atoms with Crippen LogP contribution in [0.15, 0.2) is 34.9 Å². The van der Waals surface area contributed by atoms with Crippen LogP contribution < -0.4 is 5.32 Å². The minimum atomic E-state index is -1.07. The summed E-state index contributed by atoms with van der Waals surface area (Å²) in [5.41, 5.74) is 0.356. The quantitative estimate of drug-likeness (QED) is 0.868. The van der Waals surface area contributed by atoms with Crippen LogP contribution in [0.2, 0.25) is 0 Å². The molecule has 0 spiro atoms. The number of rotatable bonds is 5. The Labute approximate surface area is 115 Å². The van der Waals surface area contributed by atoms with E-state index in [1.807, 2.05) is 6.92 Å². The fourth-order valence-electron chi connectivity index (χ4n) is 1.64. The molecule has 0 aliphatic rings. The standard InChI is InChI=1S/C14H14N2O4/c1-2-11-7-15-12(20-11)8-16-13(17)9-4-3-5-10(6-9)14(18)19/h3-7H,2,8H2,1H3,(H,16,17)(H,18,19). The minimum Gasteiger partial charge on any atom is -0.478 e. The molecular formula is C14H14N2O4. The van der Waals surface area contributed by atoms with Gasteiger partial charge in [0.15, 0.2) is 0 Å². The molecule has 1 amide bonds. The molecule has 0 bridgehead atoms. The highest BCUT2D eigenvalue weighted by Gasteiger charge is 2.10. The molecule has 2 aromatic rings. The van der Waals surface area contributed by atoms with Crippen molar-refractivity contribution in [1.29, 1.82) is 0 Å². The van der Waals surface area contributed by atoms with Crippen molar-refractivity contribution >= 4 is 11.9 Å². The summed E-state index contributed by atoms with van der Waals surface area (Å²) >= 11 is 0. The zero-order valence-corrected chi connectivity index (χ0v) is 10.9. The summed E-state index contributed by atoms with van der Waals surface area (Å²) in [6, 6.07) is 5.83. The first-order chi connectivity index (χ1) is 9.60. The highest BCUT2D eigenvalue weighted by molar-refractivity contribution is 5.97. The first kappa shape index (κ1) is 13.8. The number of hydrogen-bond acceptors (Lipinski definition) is 4. The number of nitrogens with one attached hydrogen (secondary N) is 1. The first-order valence-corrected chi connectivity index (χ1v) is 6.15. The fourth-order valence-corrected chi connectivity index (χ4v) is 1.64. The second kappa shape index (κ2) is 6.01. The second-order valence-electron chi connectivity index (χ2n) is 4.14. The molecule has 0 fully saturated rings. The molecule has 6 nitrogen and oxygen atoms in total. The molecular weight excluding hydrogens is 260 g/mol. The van der Waals surface area contributed by atoms with Gasteiger partial charge < -0.3 is 14.8 Å². The average molecular weight is 274 g/mol. The summed E-state index contributed by atoms with van der Waals surface area (Å²) in [7, 11) is 0. The van der Waals surface area contributed by atoms with Crippen LogP contribution in [0.1, 0.15) is 39.3 Å². The molecule has 0 radical (unpaired) electrons. The third-order valence-electron chi connectivity index (χ3n) is 2.72. The minimum absolute atomic E-state index is 0.0713. The van der Waals surface area contributed by atoms with E-state index in [1.54, 1.807) is 12.3 Å². The molecule has 0 aliphatic carbocycles. The zero-order valence-electron chi connectivity index (χ0n) is 10.9. The first-order valence-electron chi connectivity index (χ1n) is 6.15. The lowest BCUT2D eigenvalue weighted by molar-refractivity contribution is 0.0697. The number of carbonyl (C=O) groups is 2. The molecule has 1 aromatic heterocycles. The van der Waals surface area contributed by atoms with Crippen molar-refractivity contribution in [2.45, 2.75) is 19.9 Å². The Morgan fingerprint density at radius 1 is 1.35 bits per heavy atom. The maximum atomic E-state index is 11.9. The number of aromatic carboxylic acids is 1. The molecule has 2 N–H and O–H groups in total. The van der Waals surface area contributed by atoms with Gasteiger partial charge in [-0.2, -0.15) is 0 Å². The summed E-state index contributed by atoms with van der Waals surface area (Å²) in [4.78, 5) is 26.8. The van der Waals surface area contributed by atoms with Gasteiger partial charge in [0, 0.05) is 12.0 Å². The smallest absolute Gasteiger partial charge is 0.335 e. The van der Waals surface area contributed by atoms with Crippen molar-refractivity contribution in [3.63, 3.8) is 0 Å². The predicted molar refractivity (Wildman–Crippen MR) is 70.5 cm³/mol. The number of benzene rings is 1. The average Bonchev–Trinajstić information content (AvgIpc) is 2.93. The van der Waals surface area contributed by atoms with Gasteiger partial charge in [-0.05, 0) is 18.2 Å². The number of carbonyl (C=O) groups excluding carboxylic acids is 1. The number of aromatic nitrogens is 1. The number of hydrogen-bond donors (Lipinski definition) is 2. The van der Waals surface area contributed by atoms with Crippen molar-refractivity contribution in [2.75, 3.05) is 0 Å². The maximum Gasteiger partial charge on any atom is 0.335 e. The Kier molecular flexibility index (Phi) is 4.14. The van der Waals surface area contributed by atoms with Gasteiger partial charge in [-0.15, -0.1) is 0 Å². The number of aryl methyl sites for hydroxylation is 1. The summed E-state index contributed by atoms with van der Waals surface area (Å²) in [5.74, 6) is -0.268. The van der Waals surface area contributed by atoms with E-state index in [0.717, 1.165) is 12.2 Å². The van der Waals surface area contributed by atoms with Gasteiger partial charge in [0.25, 0.3) is 5.91 Å². The molecule has 1 heterocycles. The highest BCUT2D eigenvalue weighted by atomic mass is 16.4. The van der Waals surface area contributed by atoms with E-state index in [9.17, 15) is 9.59 Å². The van der Waals surface area contributed by atoms with Crippen LogP contribution in [0, 0.1) is 0 Å². The Morgan fingerprint density at radius 3 is 2.75 bits per heavy atom. The van der Waals surface area contributed by atoms with Crippen LogP contribution >= 0.6 is 0 Å². The van der Waals surface area contributed by atoms with Crippen molar-refractivity contribution in [3.05, 3.63) is 53.2 Å². The van der Waals surface area contributed by atoms with E-state index in [-0.39, 0.29) is 23.6 Å². The Balaban J connectivity index is 2.01. The molecule has 0 saturated heterocycles. The third-order valence-corrected chi connectivity index (χ3v) is 2.72. The topological polar surface area (TPSA) is 92.4 Å².